The third-order valence-corrected chi connectivity index (χ3v) is 2.59. The smallest absolute Gasteiger partial charge is 0.131 e. The summed E-state index contributed by atoms with van der Waals surface area (Å²) in [5.41, 5.74) is 0. The number of unbranched alkanes of at least 4 members (excludes halogenated alkanes) is 1. The van der Waals surface area contributed by atoms with E-state index < -0.39 is 0 Å². The first-order chi connectivity index (χ1) is 4.84. The highest BCUT2D eigenvalue weighted by Crippen LogP contribution is 2.16. The number of aryl methyl sites for hydroxylation is 1. The van der Waals surface area contributed by atoms with Crippen LogP contribution in [0.5, 0.6) is 0 Å². The van der Waals surface area contributed by atoms with Crippen LogP contribution in [-0.4, -0.2) is 9.59 Å². The van der Waals surface area contributed by atoms with Crippen molar-refractivity contribution in [3.8, 4) is 0 Å². The highest BCUT2D eigenvalue weighted by atomic mass is 32.1. The Morgan fingerprint density at radius 2 is 2.40 bits per heavy atom. The Kier molecular flexibility index (Phi) is 3.15. The average Bonchev–Trinajstić information content (AvgIpc) is 2.31. The van der Waals surface area contributed by atoms with Crippen LogP contribution in [0.15, 0.2) is 5.03 Å². The maximum absolute atomic E-state index is 4.16. The molecule has 0 N–H and O–H groups in total. The molecular weight excluding hydrogens is 164 g/mol. The van der Waals surface area contributed by atoms with Crippen molar-refractivity contribution in [1.82, 2.24) is 9.59 Å². The third kappa shape index (κ3) is 1.95. The van der Waals surface area contributed by atoms with Crippen LogP contribution in [0.2, 0.25) is 0 Å². The van der Waals surface area contributed by atoms with Gasteiger partial charge in [-0.15, -0.1) is 17.7 Å². The molecule has 1 aromatic rings. The molecule has 0 saturated heterocycles. The second-order valence-electron chi connectivity index (χ2n) is 2.12. The lowest BCUT2D eigenvalue weighted by Crippen LogP contribution is -1.80. The quantitative estimate of drug-likeness (QED) is 0.711. The lowest BCUT2D eigenvalue weighted by molar-refractivity contribution is 0.790. The Balaban J connectivity index is 2.49. The molecule has 0 spiro atoms. The Hall–Kier alpha value is -0.0900. The highest BCUT2D eigenvalue weighted by Gasteiger charge is 2.01. The SMILES string of the molecule is CCCCc1snnc1S. The first kappa shape index (κ1) is 8.01. The summed E-state index contributed by atoms with van der Waals surface area (Å²) in [4.78, 5) is 1.21. The Morgan fingerprint density at radius 1 is 1.60 bits per heavy atom. The molecule has 0 aliphatic rings. The summed E-state index contributed by atoms with van der Waals surface area (Å²) < 4.78 is 3.79. The maximum atomic E-state index is 4.16. The number of hydrogen-bond acceptors (Lipinski definition) is 4. The Bertz CT molecular complexity index is 197. The van der Waals surface area contributed by atoms with E-state index in [9.17, 15) is 0 Å². The molecule has 0 saturated carbocycles. The number of nitrogens with zero attached hydrogens (tertiary/aromatic N) is 2. The second kappa shape index (κ2) is 3.93. The van der Waals surface area contributed by atoms with Gasteiger partial charge < -0.3 is 0 Å². The van der Waals surface area contributed by atoms with Crippen LogP contribution in [-0.2, 0) is 6.42 Å². The maximum Gasteiger partial charge on any atom is 0.131 e. The summed E-state index contributed by atoms with van der Waals surface area (Å²) in [6, 6.07) is 0. The van der Waals surface area contributed by atoms with Gasteiger partial charge in [0.05, 0.1) is 4.88 Å². The van der Waals surface area contributed by atoms with Crippen LogP contribution in [0.25, 0.3) is 0 Å². The fourth-order valence-electron chi connectivity index (χ4n) is 0.700. The molecule has 56 valence electrons. The van der Waals surface area contributed by atoms with Crippen molar-refractivity contribution in [1.29, 1.82) is 0 Å². The number of rotatable bonds is 3. The zero-order valence-electron chi connectivity index (χ0n) is 5.87. The zero-order valence-corrected chi connectivity index (χ0v) is 7.58. The molecule has 0 amide bonds. The Morgan fingerprint density at radius 3 is 2.90 bits per heavy atom. The summed E-state index contributed by atoms with van der Waals surface area (Å²) >= 11 is 5.61. The van der Waals surface area contributed by atoms with Crippen molar-refractivity contribution in [2.24, 2.45) is 0 Å². The van der Waals surface area contributed by atoms with Gasteiger partial charge in [-0.3, -0.25) is 0 Å². The molecule has 0 unspecified atom stereocenters. The molecule has 0 aromatic carbocycles. The van der Waals surface area contributed by atoms with E-state index in [2.05, 4.69) is 29.1 Å². The highest BCUT2D eigenvalue weighted by molar-refractivity contribution is 7.80. The van der Waals surface area contributed by atoms with E-state index in [0.29, 0.717) is 0 Å². The van der Waals surface area contributed by atoms with E-state index in [1.165, 1.54) is 29.3 Å². The summed E-state index contributed by atoms with van der Waals surface area (Å²) in [7, 11) is 0. The fraction of sp³-hybridized carbons (Fsp3) is 0.667. The van der Waals surface area contributed by atoms with Crippen molar-refractivity contribution in [2.75, 3.05) is 0 Å². The molecule has 0 radical (unpaired) electrons. The average molecular weight is 174 g/mol. The van der Waals surface area contributed by atoms with E-state index in [4.69, 9.17) is 0 Å². The topological polar surface area (TPSA) is 25.8 Å². The van der Waals surface area contributed by atoms with Crippen molar-refractivity contribution in [3.05, 3.63) is 4.88 Å². The summed E-state index contributed by atoms with van der Waals surface area (Å²) in [5.74, 6) is 0. The Labute approximate surface area is 70.2 Å². The predicted octanol–water partition coefficient (Wildman–Crippen LogP) is 2.17. The van der Waals surface area contributed by atoms with E-state index in [0.717, 1.165) is 11.4 Å². The first-order valence-electron chi connectivity index (χ1n) is 3.34. The number of aromatic nitrogens is 2. The van der Waals surface area contributed by atoms with E-state index in [1.807, 2.05) is 0 Å². The van der Waals surface area contributed by atoms with Crippen molar-refractivity contribution < 1.29 is 0 Å². The summed E-state index contributed by atoms with van der Waals surface area (Å²) in [5, 5.41) is 4.61. The van der Waals surface area contributed by atoms with Crippen LogP contribution in [0.4, 0.5) is 0 Å². The lowest BCUT2D eigenvalue weighted by Gasteiger charge is -1.91. The van der Waals surface area contributed by atoms with Crippen LogP contribution in [0.1, 0.15) is 24.6 Å². The monoisotopic (exact) mass is 174 g/mol. The van der Waals surface area contributed by atoms with Crippen LogP contribution >= 0.6 is 24.2 Å². The largest absolute Gasteiger partial charge is 0.132 e. The second-order valence-corrected chi connectivity index (χ2v) is 3.39. The summed E-state index contributed by atoms with van der Waals surface area (Å²) in [6.45, 7) is 2.17. The van der Waals surface area contributed by atoms with Crippen molar-refractivity contribution in [2.45, 2.75) is 31.2 Å². The number of hydrogen-bond donors (Lipinski definition) is 1. The molecule has 0 aliphatic heterocycles. The fourth-order valence-corrected chi connectivity index (χ4v) is 1.62. The van der Waals surface area contributed by atoms with Gasteiger partial charge in [0.15, 0.2) is 0 Å². The molecule has 2 nitrogen and oxygen atoms in total. The van der Waals surface area contributed by atoms with Gasteiger partial charge in [-0.05, 0) is 24.4 Å². The van der Waals surface area contributed by atoms with Gasteiger partial charge in [0.2, 0.25) is 0 Å². The molecule has 1 heterocycles. The van der Waals surface area contributed by atoms with Crippen molar-refractivity contribution in [3.63, 3.8) is 0 Å². The molecule has 0 atom stereocenters. The van der Waals surface area contributed by atoms with E-state index in [1.54, 1.807) is 0 Å². The minimum atomic E-state index is 0.804. The minimum Gasteiger partial charge on any atom is -0.132 e. The van der Waals surface area contributed by atoms with Gasteiger partial charge in [-0.1, -0.05) is 17.8 Å². The molecule has 10 heavy (non-hydrogen) atoms. The molecule has 0 aliphatic carbocycles. The zero-order chi connectivity index (χ0) is 7.40. The molecule has 1 aromatic heterocycles. The predicted molar refractivity (Wildman–Crippen MR) is 45.8 cm³/mol. The van der Waals surface area contributed by atoms with Gasteiger partial charge in [-0.25, -0.2) is 0 Å². The standard InChI is InChI=1S/C6H10N2S2/c1-2-3-4-5-6(9)7-8-10-5/h9H,2-4H2,1H3. The third-order valence-electron chi connectivity index (χ3n) is 1.29. The molecular formula is C6H10N2S2. The van der Waals surface area contributed by atoms with Crippen molar-refractivity contribution >= 4 is 24.2 Å². The lowest BCUT2D eigenvalue weighted by atomic mass is 10.2. The van der Waals surface area contributed by atoms with E-state index >= 15 is 0 Å². The number of thiol groups is 1. The summed E-state index contributed by atoms with van der Waals surface area (Å²) in [6.07, 6.45) is 3.50. The molecule has 1 rings (SSSR count). The van der Waals surface area contributed by atoms with Gasteiger partial charge >= 0.3 is 0 Å². The minimum absolute atomic E-state index is 0.804. The van der Waals surface area contributed by atoms with Gasteiger partial charge in [0.25, 0.3) is 0 Å². The molecule has 0 bridgehead atoms. The van der Waals surface area contributed by atoms with Crippen LogP contribution in [0.3, 0.4) is 0 Å². The normalized spacial score (nSPS) is 10.2. The molecule has 4 heteroatoms. The van der Waals surface area contributed by atoms with Crippen LogP contribution < -0.4 is 0 Å². The van der Waals surface area contributed by atoms with Gasteiger partial charge in [0.1, 0.15) is 5.03 Å². The van der Waals surface area contributed by atoms with Gasteiger partial charge in [0, 0.05) is 0 Å². The first-order valence-corrected chi connectivity index (χ1v) is 4.57. The van der Waals surface area contributed by atoms with Crippen LogP contribution in [0, 0.1) is 0 Å². The van der Waals surface area contributed by atoms with Gasteiger partial charge in [-0.2, -0.15) is 0 Å². The molecule has 0 fully saturated rings. The van der Waals surface area contributed by atoms with E-state index in [-0.39, 0.29) is 0 Å².